The van der Waals surface area contributed by atoms with Gasteiger partial charge in [-0.15, -0.1) is 0 Å². The van der Waals surface area contributed by atoms with Crippen molar-refractivity contribution in [3.63, 3.8) is 0 Å². The van der Waals surface area contributed by atoms with Gasteiger partial charge in [0.05, 0.1) is 15.6 Å². The maximum atomic E-state index is 13.0. The molecule has 4 amide bonds. The Morgan fingerprint density at radius 1 is 0.971 bits per heavy atom. The number of non-ortho nitro benzene ring substituents is 1. The smallest absolute Gasteiger partial charge is 0.335 e. The van der Waals surface area contributed by atoms with Crippen molar-refractivity contribution in [2.24, 2.45) is 0 Å². The van der Waals surface area contributed by atoms with Crippen LogP contribution in [0.25, 0.3) is 6.08 Å². The molecule has 35 heavy (non-hydrogen) atoms. The van der Waals surface area contributed by atoms with Crippen molar-refractivity contribution >= 4 is 58.5 Å². The van der Waals surface area contributed by atoms with E-state index in [1.165, 1.54) is 24.3 Å². The van der Waals surface area contributed by atoms with E-state index in [1.807, 2.05) is 12.1 Å². The van der Waals surface area contributed by atoms with E-state index in [0.29, 0.717) is 16.3 Å². The molecule has 0 unspecified atom stereocenters. The molecule has 0 radical (unpaired) electrons. The minimum Gasteiger partial charge on any atom is -0.487 e. The molecule has 0 atom stereocenters. The fourth-order valence-corrected chi connectivity index (χ4v) is 3.62. The average Bonchev–Trinajstić information content (AvgIpc) is 2.82. The normalized spacial score (nSPS) is 14.7. The second-order valence-electron chi connectivity index (χ2n) is 7.34. The van der Waals surface area contributed by atoms with E-state index in [9.17, 15) is 24.5 Å². The summed E-state index contributed by atoms with van der Waals surface area (Å²) in [4.78, 5) is 48.6. The van der Waals surface area contributed by atoms with Gasteiger partial charge in [0.1, 0.15) is 17.9 Å². The van der Waals surface area contributed by atoms with E-state index in [2.05, 4.69) is 5.32 Å². The summed E-state index contributed by atoms with van der Waals surface area (Å²) in [5.74, 6) is -1.37. The van der Waals surface area contributed by atoms with Gasteiger partial charge in [-0.25, -0.2) is 9.69 Å². The van der Waals surface area contributed by atoms with E-state index in [1.54, 1.807) is 24.3 Å². The highest BCUT2D eigenvalue weighted by atomic mass is 35.5. The first-order chi connectivity index (χ1) is 16.7. The van der Waals surface area contributed by atoms with Crippen molar-refractivity contribution < 1.29 is 24.0 Å². The molecule has 0 bridgehead atoms. The molecule has 1 fully saturated rings. The van der Waals surface area contributed by atoms with Crippen molar-refractivity contribution in [1.29, 1.82) is 0 Å². The maximum absolute atomic E-state index is 13.0. The number of nitro groups is 1. The monoisotopic (exact) mass is 511 g/mol. The van der Waals surface area contributed by atoms with Gasteiger partial charge < -0.3 is 4.74 Å². The standard InChI is InChI=1S/C24H15Cl2N3O6/c25-16-4-1-14(2-5-16)13-35-21-10-3-15(12-20(21)26)11-19-22(30)27-24(32)28(23(19)31)17-6-8-18(9-7-17)29(33)34/h1-12H,13H2,(H,27,30,32)/b19-11+. The Morgan fingerprint density at radius 2 is 1.66 bits per heavy atom. The molecule has 1 aliphatic rings. The maximum Gasteiger partial charge on any atom is 0.335 e. The molecule has 1 saturated heterocycles. The minimum atomic E-state index is -0.963. The number of anilines is 1. The molecule has 0 aliphatic carbocycles. The van der Waals surface area contributed by atoms with Crippen LogP contribution in [0.3, 0.4) is 0 Å². The Labute approximate surface area is 208 Å². The number of nitrogens with zero attached hydrogens (tertiary/aromatic N) is 2. The number of amides is 4. The van der Waals surface area contributed by atoms with Crippen LogP contribution < -0.4 is 15.0 Å². The van der Waals surface area contributed by atoms with Crippen LogP contribution in [0.15, 0.2) is 72.3 Å². The van der Waals surface area contributed by atoms with Crippen molar-refractivity contribution in [3.8, 4) is 5.75 Å². The van der Waals surface area contributed by atoms with Gasteiger partial charge in [-0.1, -0.05) is 41.4 Å². The van der Waals surface area contributed by atoms with E-state index in [-0.39, 0.29) is 28.6 Å². The Bertz CT molecular complexity index is 1370. The Morgan fingerprint density at radius 3 is 2.29 bits per heavy atom. The van der Waals surface area contributed by atoms with Crippen molar-refractivity contribution in [3.05, 3.63) is 104 Å². The molecule has 0 aromatic heterocycles. The van der Waals surface area contributed by atoms with Gasteiger partial charge in [0.2, 0.25) is 0 Å². The zero-order valence-corrected chi connectivity index (χ0v) is 19.2. The molecule has 11 heteroatoms. The number of urea groups is 1. The SMILES string of the molecule is O=C1NC(=O)N(c2ccc([N+](=O)[O-])cc2)C(=O)/C1=C/c1ccc(OCc2ccc(Cl)cc2)c(Cl)c1. The van der Waals surface area contributed by atoms with Crippen LogP contribution >= 0.6 is 23.2 Å². The number of hydrogen-bond acceptors (Lipinski definition) is 6. The zero-order chi connectivity index (χ0) is 25.1. The molecule has 3 aromatic carbocycles. The number of imide groups is 2. The number of halogens is 2. The summed E-state index contributed by atoms with van der Waals surface area (Å²) in [6.07, 6.45) is 1.29. The Balaban J connectivity index is 1.55. The molecule has 1 aliphatic heterocycles. The van der Waals surface area contributed by atoms with Crippen LogP contribution in [-0.2, 0) is 16.2 Å². The first-order valence-corrected chi connectivity index (χ1v) is 10.8. The highest BCUT2D eigenvalue weighted by Gasteiger charge is 2.37. The van der Waals surface area contributed by atoms with Gasteiger partial charge in [-0.3, -0.25) is 25.0 Å². The molecule has 0 saturated carbocycles. The van der Waals surface area contributed by atoms with E-state index >= 15 is 0 Å². The number of rotatable bonds is 6. The lowest BCUT2D eigenvalue weighted by atomic mass is 10.1. The lowest BCUT2D eigenvalue weighted by Crippen LogP contribution is -2.54. The summed E-state index contributed by atoms with van der Waals surface area (Å²) in [7, 11) is 0. The fraction of sp³-hybridized carbons (Fsp3) is 0.0417. The number of nitrogens with one attached hydrogen (secondary N) is 1. The summed E-state index contributed by atoms with van der Waals surface area (Å²) in [6, 6.07) is 15.7. The predicted molar refractivity (Wildman–Crippen MR) is 129 cm³/mol. The Hall–Kier alpha value is -4.21. The third kappa shape index (κ3) is 5.32. The van der Waals surface area contributed by atoms with Crippen molar-refractivity contribution in [1.82, 2.24) is 5.32 Å². The molecule has 0 spiro atoms. The van der Waals surface area contributed by atoms with E-state index in [0.717, 1.165) is 22.6 Å². The summed E-state index contributed by atoms with van der Waals surface area (Å²) in [5.41, 5.74) is 0.857. The molecule has 1 heterocycles. The molecule has 1 N–H and O–H groups in total. The number of benzene rings is 3. The van der Waals surface area contributed by atoms with Gasteiger partial charge in [-0.05, 0) is 53.6 Å². The van der Waals surface area contributed by atoms with Gasteiger partial charge in [0.15, 0.2) is 0 Å². The topological polar surface area (TPSA) is 119 Å². The first-order valence-electron chi connectivity index (χ1n) is 10.1. The van der Waals surface area contributed by atoms with Gasteiger partial charge in [0, 0.05) is 17.2 Å². The van der Waals surface area contributed by atoms with Gasteiger partial charge >= 0.3 is 6.03 Å². The summed E-state index contributed by atoms with van der Waals surface area (Å²) in [6.45, 7) is 0.254. The highest BCUT2D eigenvalue weighted by molar-refractivity contribution is 6.39. The third-order valence-corrected chi connectivity index (χ3v) is 5.54. The third-order valence-electron chi connectivity index (χ3n) is 4.99. The number of carbonyl (C=O) groups excluding carboxylic acids is 3. The molecule has 9 nitrogen and oxygen atoms in total. The number of ether oxygens (including phenoxy) is 1. The number of carbonyl (C=O) groups is 3. The molecule has 176 valence electrons. The lowest BCUT2D eigenvalue weighted by Gasteiger charge is -2.26. The molecule has 3 aromatic rings. The van der Waals surface area contributed by atoms with Gasteiger partial charge in [0.25, 0.3) is 17.5 Å². The van der Waals surface area contributed by atoms with E-state index in [4.69, 9.17) is 27.9 Å². The summed E-state index contributed by atoms with van der Waals surface area (Å²) >= 11 is 12.2. The highest BCUT2D eigenvalue weighted by Crippen LogP contribution is 2.29. The van der Waals surface area contributed by atoms with Crippen LogP contribution in [0, 0.1) is 10.1 Å². The van der Waals surface area contributed by atoms with Crippen LogP contribution in [0.2, 0.25) is 10.0 Å². The fourth-order valence-electron chi connectivity index (χ4n) is 3.25. The summed E-state index contributed by atoms with van der Waals surface area (Å²) in [5, 5.41) is 13.8. The van der Waals surface area contributed by atoms with Crippen LogP contribution in [0.1, 0.15) is 11.1 Å². The largest absolute Gasteiger partial charge is 0.487 e. The summed E-state index contributed by atoms with van der Waals surface area (Å²) < 4.78 is 5.72. The van der Waals surface area contributed by atoms with Crippen molar-refractivity contribution in [2.75, 3.05) is 4.90 Å². The number of hydrogen-bond donors (Lipinski definition) is 1. The zero-order valence-electron chi connectivity index (χ0n) is 17.7. The second kappa shape index (κ2) is 9.96. The second-order valence-corrected chi connectivity index (χ2v) is 8.18. The quantitative estimate of drug-likeness (QED) is 0.211. The van der Waals surface area contributed by atoms with Crippen molar-refractivity contribution in [2.45, 2.75) is 6.61 Å². The minimum absolute atomic E-state index is 0.0699. The molecular formula is C24H15Cl2N3O6. The van der Waals surface area contributed by atoms with Gasteiger partial charge in [-0.2, -0.15) is 0 Å². The van der Waals surface area contributed by atoms with Crippen LogP contribution in [-0.4, -0.2) is 22.8 Å². The van der Waals surface area contributed by atoms with E-state index < -0.39 is 22.8 Å². The number of nitro benzene ring substituents is 1. The molecule has 4 rings (SSSR count). The first kappa shape index (κ1) is 23.9. The Kier molecular flexibility index (Phi) is 6.81. The average molecular weight is 512 g/mol. The van der Waals surface area contributed by atoms with Crippen LogP contribution in [0.5, 0.6) is 5.75 Å². The lowest BCUT2D eigenvalue weighted by molar-refractivity contribution is -0.384. The molecular weight excluding hydrogens is 497 g/mol. The number of barbiturate groups is 1. The predicted octanol–water partition coefficient (Wildman–Crippen LogP) is 5.15. The van der Waals surface area contributed by atoms with Crippen LogP contribution in [0.4, 0.5) is 16.2 Å².